The molecule has 0 aliphatic heterocycles. The van der Waals surface area contributed by atoms with E-state index in [9.17, 15) is 0 Å². The molecule has 1 aliphatic rings. The number of nitrogens with zero attached hydrogens (tertiary/aromatic N) is 2. The van der Waals surface area contributed by atoms with Crippen molar-refractivity contribution in [3.05, 3.63) is 29.6 Å². The fraction of sp³-hybridized carbons (Fsp3) is 0.611. The summed E-state index contributed by atoms with van der Waals surface area (Å²) in [6, 6.07) is 6.95. The Labute approximate surface area is 127 Å². The first-order valence-corrected chi connectivity index (χ1v) is 8.41. The maximum Gasteiger partial charge on any atom is 0.113 e. The minimum Gasteiger partial charge on any atom is -0.326 e. The average molecular weight is 285 g/mol. The van der Waals surface area contributed by atoms with Crippen LogP contribution in [0, 0.1) is 0 Å². The predicted molar refractivity (Wildman–Crippen MR) is 88.5 cm³/mol. The van der Waals surface area contributed by atoms with Gasteiger partial charge in [-0.2, -0.15) is 0 Å². The largest absolute Gasteiger partial charge is 0.326 e. The lowest BCUT2D eigenvalue weighted by molar-refractivity contribution is 0.498. The lowest BCUT2D eigenvalue weighted by Crippen LogP contribution is -2.11. The summed E-state index contributed by atoms with van der Waals surface area (Å²) >= 11 is 0. The van der Waals surface area contributed by atoms with Crippen molar-refractivity contribution in [3.8, 4) is 0 Å². The molecule has 1 aromatic carbocycles. The molecule has 0 atom stereocenters. The van der Waals surface area contributed by atoms with E-state index < -0.39 is 0 Å². The zero-order valence-corrected chi connectivity index (χ0v) is 13.3. The molecule has 0 unspecified atom stereocenters. The minimum atomic E-state index is 0.456. The standard InChI is InChI=1S/C18H27N3/c1-13(2)21-17-10-9-14(12-19)11-16(17)20-18(21)15-7-5-3-4-6-8-15/h9-11,13,15H,3-8,12,19H2,1-2H3. The predicted octanol–water partition coefficient (Wildman–Crippen LogP) is 4.51. The summed E-state index contributed by atoms with van der Waals surface area (Å²) < 4.78 is 2.45. The lowest BCUT2D eigenvalue weighted by Gasteiger charge is -2.19. The second-order valence-corrected chi connectivity index (χ2v) is 6.65. The molecule has 1 fully saturated rings. The Balaban J connectivity index is 2.09. The topological polar surface area (TPSA) is 43.8 Å². The molecule has 1 aromatic heterocycles. The van der Waals surface area contributed by atoms with Gasteiger partial charge in [-0.25, -0.2) is 4.98 Å². The summed E-state index contributed by atoms with van der Waals surface area (Å²) in [4.78, 5) is 5.02. The Morgan fingerprint density at radius 2 is 1.90 bits per heavy atom. The zero-order valence-electron chi connectivity index (χ0n) is 13.3. The monoisotopic (exact) mass is 285 g/mol. The van der Waals surface area contributed by atoms with Crippen molar-refractivity contribution in [2.45, 2.75) is 70.9 Å². The van der Waals surface area contributed by atoms with E-state index in [1.165, 1.54) is 55.4 Å². The third-order valence-corrected chi connectivity index (χ3v) is 4.75. The molecular formula is C18H27N3. The molecule has 0 radical (unpaired) electrons. The van der Waals surface area contributed by atoms with Crippen LogP contribution in [0.4, 0.5) is 0 Å². The van der Waals surface area contributed by atoms with Crippen LogP contribution in [0.25, 0.3) is 11.0 Å². The molecule has 1 aliphatic carbocycles. The maximum absolute atomic E-state index is 5.77. The molecule has 21 heavy (non-hydrogen) atoms. The van der Waals surface area contributed by atoms with Gasteiger partial charge in [0.15, 0.2) is 0 Å². The van der Waals surface area contributed by atoms with Gasteiger partial charge in [-0.3, -0.25) is 0 Å². The molecule has 0 spiro atoms. The Hall–Kier alpha value is -1.35. The van der Waals surface area contributed by atoms with Gasteiger partial charge in [-0.05, 0) is 44.4 Å². The summed E-state index contributed by atoms with van der Waals surface area (Å²) in [6.07, 6.45) is 8.05. The molecule has 1 heterocycles. The number of fused-ring (bicyclic) bond motifs is 1. The van der Waals surface area contributed by atoms with Crippen LogP contribution < -0.4 is 5.73 Å². The number of aromatic nitrogens is 2. The van der Waals surface area contributed by atoms with E-state index >= 15 is 0 Å². The highest BCUT2D eigenvalue weighted by Crippen LogP contribution is 2.34. The van der Waals surface area contributed by atoms with Crippen molar-refractivity contribution >= 4 is 11.0 Å². The third-order valence-electron chi connectivity index (χ3n) is 4.75. The normalized spacial score (nSPS) is 17.5. The van der Waals surface area contributed by atoms with Gasteiger partial charge in [0.05, 0.1) is 11.0 Å². The van der Waals surface area contributed by atoms with Gasteiger partial charge in [-0.1, -0.05) is 31.7 Å². The van der Waals surface area contributed by atoms with Crippen molar-refractivity contribution in [3.63, 3.8) is 0 Å². The summed E-state index contributed by atoms with van der Waals surface area (Å²) in [5.41, 5.74) is 9.33. The van der Waals surface area contributed by atoms with Gasteiger partial charge in [0.25, 0.3) is 0 Å². The highest BCUT2D eigenvalue weighted by atomic mass is 15.1. The average Bonchev–Trinajstić information content (AvgIpc) is 2.66. The Morgan fingerprint density at radius 1 is 1.19 bits per heavy atom. The summed E-state index contributed by atoms with van der Waals surface area (Å²) in [5, 5.41) is 0. The maximum atomic E-state index is 5.77. The first kappa shape index (κ1) is 14.6. The van der Waals surface area contributed by atoms with Gasteiger partial charge >= 0.3 is 0 Å². The molecule has 3 nitrogen and oxygen atoms in total. The smallest absolute Gasteiger partial charge is 0.113 e. The molecule has 0 bridgehead atoms. The fourth-order valence-electron chi connectivity index (χ4n) is 3.66. The molecule has 2 aromatic rings. The second kappa shape index (κ2) is 6.18. The Bertz CT molecular complexity index is 604. The number of rotatable bonds is 3. The number of nitrogens with two attached hydrogens (primary N) is 1. The van der Waals surface area contributed by atoms with E-state index in [0.29, 0.717) is 18.5 Å². The van der Waals surface area contributed by atoms with Crippen LogP contribution in [-0.2, 0) is 6.54 Å². The molecule has 0 amide bonds. The van der Waals surface area contributed by atoms with Gasteiger partial charge in [0, 0.05) is 18.5 Å². The SMILES string of the molecule is CC(C)n1c(C2CCCCCC2)nc2cc(CN)ccc21. The second-order valence-electron chi connectivity index (χ2n) is 6.65. The van der Waals surface area contributed by atoms with Crippen molar-refractivity contribution in [2.75, 3.05) is 0 Å². The van der Waals surface area contributed by atoms with Gasteiger partial charge in [0.2, 0.25) is 0 Å². The van der Waals surface area contributed by atoms with Crippen LogP contribution in [0.2, 0.25) is 0 Å². The van der Waals surface area contributed by atoms with E-state index in [4.69, 9.17) is 10.7 Å². The molecule has 3 rings (SSSR count). The number of imidazole rings is 1. The van der Waals surface area contributed by atoms with E-state index in [-0.39, 0.29) is 0 Å². The number of hydrogen-bond acceptors (Lipinski definition) is 2. The van der Waals surface area contributed by atoms with Crippen LogP contribution in [0.3, 0.4) is 0 Å². The fourth-order valence-corrected chi connectivity index (χ4v) is 3.66. The zero-order chi connectivity index (χ0) is 14.8. The van der Waals surface area contributed by atoms with Gasteiger partial charge in [-0.15, -0.1) is 0 Å². The van der Waals surface area contributed by atoms with E-state index in [0.717, 1.165) is 5.52 Å². The minimum absolute atomic E-state index is 0.456. The summed E-state index contributed by atoms with van der Waals surface area (Å²) in [7, 11) is 0. The van der Waals surface area contributed by atoms with Crippen molar-refractivity contribution < 1.29 is 0 Å². The quantitative estimate of drug-likeness (QED) is 0.843. The van der Waals surface area contributed by atoms with Crippen molar-refractivity contribution in [2.24, 2.45) is 5.73 Å². The van der Waals surface area contributed by atoms with Crippen molar-refractivity contribution in [1.29, 1.82) is 0 Å². The van der Waals surface area contributed by atoms with Gasteiger partial charge in [0.1, 0.15) is 5.82 Å². The number of hydrogen-bond donors (Lipinski definition) is 1. The van der Waals surface area contributed by atoms with E-state index in [2.05, 4.69) is 36.6 Å². The van der Waals surface area contributed by atoms with Crippen LogP contribution in [0.1, 0.15) is 75.7 Å². The molecular weight excluding hydrogens is 258 g/mol. The first-order valence-electron chi connectivity index (χ1n) is 8.41. The van der Waals surface area contributed by atoms with Crippen LogP contribution in [0.15, 0.2) is 18.2 Å². The summed E-state index contributed by atoms with van der Waals surface area (Å²) in [5.74, 6) is 1.93. The molecule has 2 N–H and O–H groups in total. The third kappa shape index (κ3) is 2.84. The van der Waals surface area contributed by atoms with E-state index in [1.54, 1.807) is 0 Å². The van der Waals surface area contributed by atoms with Gasteiger partial charge < -0.3 is 10.3 Å². The molecule has 0 saturated heterocycles. The molecule has 1 saturated carbocycles. The van der Waals surface area contributed by atoms with Crippen molar-refractivity contribution in [1.82, 2.24) is 9.55 Å². The van der Waals surface area contributed by atoms with Crippen LogP contribution in [0.5, 0.6) is 0 Å². The molecule has 3 heteroatoms. The number of benzene rings is 1. The lowest BCUT2D eigenvalue weighted by atomic mass is 9.99. The Morgan fingerprint density at radius 3 is 2.52 bits per heavy atom. The van der Waals surface area contributed by atoms with Crippen LogP contribution in [-0.4, -0.2) is 9.55 Å². The highest BCUT2D eigenvalue weighted by Gasteiger charge is 2.22. The molecule has 114 valence electrons. The van der Waals surface area contributed by atoms with E-state index in [1.807, 2.05) is 0 Å². The highest BCUT2D eigenvalue weighted by molar-refractivity contribution is 5.77. The Kier molecular flexibility index (Phi) is 4.29. The first-order chi connectivity index (χ1) is 10.2. The summed E-state index contributed by atoms with van der Waals surface area (Å²) in [6.45, 7) is 5.11. The van der Waals surface area contributed by atoms with Crippen LogP contribution >= 0.6 is 0 Å².